The van der Waals surface area contributed by atoms with E-state index < -0.39 is 12.2 Å². The Morgan fingerprint density at radius 3 is 1.07 bits per heavy atom. The first-order valence-corrected chi connectivity index (χ1v) is 40.2. The van der Waals surface area contributed by atoms with Crippen molar-refractivity contribution in [1.29, 1.82) is 0 Å². The lowest BCUT2D eigenvalue weighted by atomic mass is 9.59. The molecule has 6 aliphatic carbocycles. The molecule has 0 heterocycles. The molecule has 0 saturated heterocycles. The van der Waals surface area contributed by atoms with E-state index in [1.54, 1.807) is 86.6 Å². The van der Waals surface area contributed by atoms with E-state index in [0.29, 0.717) is 59.3 Å². The summed E-state index contributed by atoms with van der Waals surface area (Å²) >= 11 is 0. The van der Waals surface area contributed by atoms with Crippen LogP contribution >= 0.6 is 0 Å². The molecule has 8 aromatic rings. The second-order valence-corrected chi connectivity index (χ2v) is 31.9. The van der Waals surface area contributed by atoms with E-state index in [1.807, 2.05) is 97.1 Å². The molecule has 0 radical (unpaired) electrons. The number of fused-ring (bicyclic) bond motifs is 12. The predicted octanol–water partition coefficient (Wildman–Crippen LogP) is 17.9. The molecule has 0 spiro atoms. The van der Waals surface area contributed by atoms with Crippen molar-refractivity contribution in [3.8, 4) is 34.5 Å². The van der Waals surface area contributed by atoms with Crippen LogP contribution in [0.4, 0.5) is 9.59 Å². The molecule has 3 fully saturated rings. The average Bonchev–Trinajstić information content (AvgIpc) is 0.751. The minimum Gasteiger partial charge on any atom is -0.508 e. The van der Waals surface area contributed by atoms with Crippen molar-refractivity contribution >= 4 is 42.0 Å². The molecule has 588 valence electrons. The second kappa shape index (κ2) is 37.6. The summed E-state index contributed by atoms with van der Waals surface area (Å²) in [6, 6.07) is 57.7. The first-order chi connectivity index (χ1) is 54.1. The molecule has 3 saturated carbocycles. The highest BCUT2D eigenvalue weighted by Crippen LogP contribution is 2.51. The lowest BCUT2D eigenvalue weighted by Crippen LogP contribution is -2.57. The lowest BCUT2D eigenvalue weighted by Gasteiger charge is -2.49. The number of benzene rings is 8. The van der Waals surface area contributed by atoms with Gasteiger partial charge in [0.2, 0.25) is 0 Å². The number of nitrogens with two attached hydrogens (primary N) is 1. The topological polar surface area (TPSA) is 254 Å². The Morgan fingerprint density at radius 2 is 0.696 bits per heavy atom. The molecule has 0 aromatic heterocycles. The van der Waals surface area contributed by atoms with E-state index in [9.17, 15) is 38.7 Å². The SMILES string of the molecule is CCC(=O)Oc1ccc(CC(=O)Oc2ccc3c(c2)[C@@]2(C)CCCCC[C@@H](C3)[C@@H]2N)cc1.CCC(=O)Oc1ccc(CC(=O)Oc2ccc3c(c2)[C@@]2(C)CCCCC[C@@H](C3)[C@@H]2NC(=O)OCc2ccccc2)cc1.C[C@@]12CCCCC[C@@H](Cc3ccc(OC(=O)Cc4ccc(O)cc4)cc31)[C@@H]2NC(=O)OCc1ccccc1. The molecule has 0 unspecified atom stereocenters. The summed E-state index contributed by atoms with van der Waals surface area (Å²) in [5, 5.41) is 16.0. The smallest absolute Gasteiger partial charge is 0.407 e. The van der Waals surface area contributed by atoms with Crippen LogP contribution in [-0.2, 0) is 101 Å². The van der Waals surface area contributed by atoms with Gasteiger partial charge in [0.1, 0.15) is 47.7 Å². The fraction of sp³-hybridized carbons (Fsp3) is 0.415. The molecule has 14 rings (SSSR count). The number of hydrogen-bond acceptors (Lipinski definition) is 16. The monoisotopic (exact) mass is 1520 g/mol. The minimum absolute atomic E-state index is 0.0680. The summed E-state index contributed by atoms with van der Waals surface area (Å²) in [5.74, 6) is 2.20. The lowest BCUT2D eigenvalue weighted by molar-refractivity contribution is -0.134. The van der Waals surface area contributed by atoms with Crippen LogP contribution in [0.2, 0.25) is 0 Å². The van der Waals surface area contributed by atoms with Crippen LogP contribution in [0.3, 0.4) is 0 Å². The van der Waals surface area contributed by atoms with E-state index in [4.69, 9.17) is 38.9 Å². The van der Waals surface area contributed by atoms with Crippen molar-refractivity contribution in [3.63, 3.8) is 0 Å². The Labute approximate surface area is 658 Å². The third-order valence-electron chi connectivity index (χ3n) is 23.9. The number of alkyl carbamates (subject to hydrolysis) is 2. The summed E-state index contributed by atoms with van der Waals surface area (Å²) < 4.78 is 38.9. The summed E-state index contributed by atoms with van der Waals surface area (Å²) in [7, 11) is 0. The Kier molecular flexibility index (Phi) is 27.2. The molecular weight excluding hydrogens is 1410 g/mol. The number of rotatable bonds is 19. The van der Waals surface area contributed by atoms with Crippen LogP contribution in [0.1, 0.15) is 205 Å². The molecule has 18 nitrogen and oxygen atoms in total. The van der Waals surface area contributed by atoms with E-state index in [-0.39, 0.29) is 102 Å². The molecule has 6 aliphatic rings. The zero-order valence-corrected chi connectivity index (χ0v) is 65.3. The maximum atomic E-state index is 13.0. The molecule has 8 aromatic carbocycles. The van der Waals surface area contributed by atoms with Gasteiger partial charge in [-0.25, -0.2) is 9.59 Å². The van der Waals surface area contributed by atoms with E-state index >= 15 is 0 Å². The van der Waals surface area contributed by atoms with Crippen molar-refractivity contribution in [3.05, 3.63) is 249 Å². The van der Waals surface area contributed by atoms with E-state index in [0.717, 1.165) is 122 Å². The van der Waals surface area contributed by atoms with Gasteiger partial charge in [-0.3, -0.25) is 24.0 Å². The number of ether oxygens (including phenoxy) is 7. The standard InChI is InChI=1S/C35H39NO6.C32H35NO5.C27H33NO4/c1-3-31(37)41-28-16-13-24(14-17-28)20-32(38)42-29-18-15-26-21-27-12-8-5-9-19-35(2,30(26)22-29)33(27)36-34(39)40-23-25-10-6-4-7-11-25;1-32-17-7-3-6-10-25(30(32)33-31(36)37-21-23-8-4-2-5-9-23)19-24-13-16-27(20-28(24)32)38-29(35)18-22-11-14-26(34)15-12-22;1-3-24(29)31-21-11-8-18(9-12-21)15-25(30)32-22-13-10-19-16-20-7-5-4-6-14-27(2,26(20)28)23(19)17-22/h4,6-7,10-11,13-18,22,27,33H,3,5,8-9,12,19-21,23H2,1-2H3,(H,36,39);2,4-5,8-9,11-16,20,25,30,34H,3,6-7,10,17-19,21H2,1H3,(H,33,36);8-13,17,20,26H,3-7,14-16,28H2,1-2H3/t27-,33-,35+;25-,30-,32+;20-,26-,27+/m000/s1. The van der Waals surface area contributed by atoms with Gasteiger partial charge < -0.3 is 54.6 Å². The maximum absolute atomic E-state index is 13.0. The number of phenolic OH excluding ortho intramolecular Hbond substituents is 1. The molecule has 6 bridgehead atoms. The highest BCUT2D eigenvalue weighted by Gasteiger charge is 2.49. The number of carbonyl (C=O) groups excluding carboxylic acids is 7. The number of amides is 2. The Balaban J connectivity index is 0.000000157. The molecule has 9 atom stereocenters. The van der Waals surface area contributed by atoms with Crippen LogP contribution in [-0.4, -0.2) is 65.3 Å². The normalized spacial score (nSPS) is 22.6. The van der Waals surface area contributed by atoms with Crippen molar-refractivity contribution < 1.29 is 71.8 Å². The molecule has 2 amide bonds. The minimum atomic E-state index is -0.401. The highest BCUT2D eigenvalue weighted by atomic mass is 16.6. The Hall–Kier alpha value is -10.6. The van der Waals surface area contributed by atoms with Gasteiger partial charge in [-0.1, -0.05) is 208 Å². The zero-order valence-electron chi connectivity index (χ0n) is 65.3. The van der Waals surface area contributed by atoms with Crippen LogP contribution in [0.15, 0.2) is 188 Å². The van der Waals surface area contributed by atoms with Gasteiger partial charge >= 0.3 is 42.0 Å². The number of carbonyl (C=O) groups is 7. The summed E-state index contributed by atoms with van der Waals surface area (Å²) in [5.41, 5.74) is 17.7. The fourth-order valence-corrected chi connectivity index (χ4v) is 17.9. The molecule has 5 N–H and O–H groups in total. The van der Waals surface area contributed by atoms with Gasteiger partial charge in [-0.2, -0.15) is 0 Å². The molecule has 112 heavy (non-hydrogen) atoms. The van der Waals surface area contributed by atoms with Crippen molar-refractivity contribution in [2.45, 2.75) is 230 Å². The van der Waals surface area contributed by atoms with Crippen molar-refractivity contribution in [2.24, 2.45) is 23.5 Å². The van der Waals surface area contributed by atoms with Crippen LogP contribution in [0.5, 0.6) is 34.5 Å². The van der Waals surface area contributed by atoms with Crippen molar-refractivity contribution in [2.75, 3.05) is 0 Å². The fourth-order valence-electron chi connectivity index (χ4n) is 17.9. The number of aromatic hydroxyl groups is 1. The number of phenols is 1. The van der Waals surface area contributed by atoms with Crippen LogP contribution in [0.25, 0.3) is 0 Å². The quantitative estimate of drug-likeness (QED) is 0.0434. The first kappa shape index (κ1) is 80.9. The molecule has 18 heteroatoms. The number of esters is 5. The number of hydrogen-bond donors (Lipinski definition) is 4. The van der Waals surface area contributed by atoms with Gasteiger partial charge in [0, 0.05) is 47.2 Å². The van der Waals surface area contributed by atoms with Gasteiger partial charge in [0.05, 0.1) is 19.3 Å². The predicted molar refractivity (Wildman–Crippen MR) is 428 cm³/mol. The largest absolute Gasteiger partial charge is 0.508 e. The Bertz CT molecular complexity index is 4570. The van der Waals surface area contributed by atoms with Crippen molar-refractivity contribution in [1.82, 2.24) is 10.6 Å². The van der Waals surface area contributed by atoms with Crippen LogP contribution < -0.4 is 40.1 Å². The average molecular weight is 1520 g/mol. The molecule has 0 aliphatic heterocycles. The van der Waals surface area contributed by atoms with E-state index in [1.165, 1.54) is 54.4 Å². The summed E-state index contributed by atoms with van der Waals surface area (Å²) in [6.07, 6.45) is 19.6. The summed E-state index contributed by atoms with van der Waals surface area (Å²) in [6.45, 7) is 10.7. The second-order valence-electron chi connectivity index (χ2n) is 31.9. The number of nitrogens with one attached hydrogen (secondary N) is 2. The summed E-state index contributed by atoms with van der Waals surface area (Å²) in [4.78, 5) is 87.0. The van der Waals surface area contributed by atoms with Gasteiger partial charge in [0.25, 0.3) is 0 Å². The first-order valence-electron chi connectivity index (χ1n) is 40.2. The van der Waals surface area contributed by atoms with Gasteiger partial charge in [-0.15, -0.1) is 0 Å². The maximum Gasteiger partial charge on any atom is 0.407 e. The highest BCUT2D eigenvalue weighted by molar-refractivity contribution is 5.78. The molecular formula is C94H107N3O15. The zero-order chi connectivity index (χ0) is 78.8. The van der Waals surface area contributed by atoms with Gasteiger partial charge in [0.15, 0.2) is 0 Å². The van der Waals surface area contributed by atoms with E-state index in [2.05, 4.69) is 49.6 Å². The third kappa shape index (κ3) is 20.7. The van der Waals surface area contributed by atoms with Gasteiger partial charge in [-0.05, 0) is 210 Å². The van der Waals surface area contributed by atoms with Crippen LogP contribution in [0, 0.1) is 17.8 Å². The third-order valence-corrected chi connectivity index (χ3v) is 23.9. The Morgan fingerprint density at radius 1 is 0.375 bits per heavy atom.